The van der Waals surface area contributed by atoms with Gasteiger partial charge in [0.05, 0.1) is 19.2 Å². The van der Waals surface area contributed by atoms with Crippen molar-refractivity contribution in [2.45, 2.75) is 6.54 Å². The van der Waals surface area contributed by atoms with Gasteiger partial charge in [-0.15, -0.1) is 0 Å². The summed E-state index contributed by atoms with van der Waals surface area (Å²) in [5.74, 6) is 0.518. The number of rotatable bonds is 3. The van der Waals surface area contributed by atoms with Crippen molar-refractivity contribution < 1.29 is 9.13 Å². The maximum absolute atomic E-state index is 13.7. The molecule has 0 bridgehead atoms. The summed E-state index contributed by atoms with van der Waals surface area (Å²) in [6.45, 7) is 0.590. The highest BCUT2D eigenvalue weighted by atomic mass is 32.1. The third-order valence-corrected chi connectivity index (χ3v) is 3.58. The van der Waals surface area contributed by atoms with E-state index in [2.05, 4.69) is 4.98 Å². The first-order valence-electron chi connectivity index (χ1n) is 6.19. The van der Waals surface area contributed by atoms with Crippen molar-refractivity contribution in [2.75, 3.05) is 7.11 Å². The van der Waals surface area contributed by atoms with Gasteiger partial charge in [-0.25, -0.2) is 4.39 Å². The fourth-order valence-electron chi connectivity index (χ4n) is 2.22. The summed E-state index contributed by atoms with van der Waals surface area (Å²) < 4.78 is 21.2. The minimum Gasteiger partial charge on any atom is -0.497 e. The van der Waals surface area contributed by atoms with Crippen molar-refractivity contribution in [3.05, 3.63) is 58.6 Å². The Bertz CT molecular complexity index is 805. The summed E-state index contributed by atoms with van der Waals surface area (Å²) in [7, 11) is 1.63. The van der Waals surface area contributed by atoms with E-state index < -0.39 is 0 Å². The molecule has 20 heavy (non-hydrogen) atoms. The summed E-state index contributed by atoms with van der Waals surface area (Å²) in [5.41, 5.74) is 2.30. The molecule has 3 aromatic rings. The lowest BCUT2D eigenvalue weighted by atomic mass is 10.2. The number of aromatic nitrogens is 2. The van der Waals surface area contributed by atoms with Crippen molar-refractivity contribution in [2.24, 2.45) is 0 Å². The lowest BCUT2D eigenvalue weighted by molar-refractivity contribution is 0.414. The van der Waals surface area contributed by atoms with E-state index in [0.717, 1.165) is 16.8 Å². The Hall–Kier alpha value is -2.14. The van der Waals surface area contributed by atoms with E-state index >= 15 is 0 Å². The number of methoxy groups -OCH3 is 1. The van der Waals surface area contributed by atoms with E-state index in [9.17, 15) is 4.39 Å². The molecule has 0 spiro atoms. The minimum atomic E-state index is -0.290. The number of nitrogens with zero attached hydrogens (tertiary/aromatic N) is 1. The lowest BCUT2D eigenvalue weighted by Crippen LogP contribution is -1.99. The second kappa shape index (κ2) is 5.09. The number of benzene rings is 2. The Morgan fingerprint density at radius 3 is 2.65 bits per heavy atom. The molecule has 0 aliphatic rings. The first-order chi connectivity index (χ1) is 9.69. The molecular formula is C15H13FN2OS. The van der Waals surface area contributed by atoms with E-state index in [1.165, 1.54) is 6.07 Å². The Morgan fingerprint density at radius 2 is 1.95 bits per heavy atom. The second-order valence-corrected chi connectivity index (χ2v) is 4.89. The average Bonchev–Trinajstić information content (AvgIpc) is 2.78. The predicted molar refractivity (Wildman–Crippen MR) is 79.2 cm³/mol. The van der Waals surface area contributed by atoms with Gasteiger partial charge in [0.15, 0.2) is 4.77 Å². The number of halogens is 1. The highest BCUT2D eigenvalue weighted by Crippen LogP contribution is 2.19. The van der Waals surface area contributed by atoms with Gasteiger partial charge in [-0.05, 0) is 42.0 Å². The van der Waals surface area contributed by atoms with Crippen molar-refractivity contribution in [3.8, 4) is 5.75 Å². The van der Waals surface area contributed by atoms with Crippen LogP contribution < -0.4 is 4.74 Å². The quantitative estimate of drug-likeness (QED) is 0.741. The molecule has 0 saturated heterocycles. The Morgan fingerprint density at radius 1 is 1.20 bits per heavy atom. The van der Waals surface area contributed by atoms with Gasteiger partial charge >= 0.3 is 0 Å². The van der Waals surface area contributed by atoms with Crippen LogP contribution in [0.1, 0.15) is 5.56 Å². The number of fused-ring (bicyclic) bond motifs is 1. The van der Waals surface area contributed by atoms with Crippen molar-refractivity contribution >= 4 is 23.3 Å². The fourth-order valence-corrected chi connectivity index (χ4v) is 2.48. The van der Waals surface area contributed by atoms with Gasteiger partial charge in [-0.3, -0.25) is 0 Å². The van der Waals surface area contributed by atoms with E-state index in [1.54, 1.807) is 13.2 Å². The standard InChI is InChI=1S/C15H13FN2OS/c1-19-11-7-5-10(6-8-11)9-18-13-4-2-3-12(16)14(13)17-15(18)20/h2-8H,9H2,1H3,(H,17,20). The first kappa shape index (κ1) is 12.9. The maximum Gasteiger partial charge on any atom is 0.178 e. The number of nitrogens with one attached hydrogen (secondary N) is 1. The van der Waals surface area contributed by atoms with Crippen molar-refractivity contribution in [1.82, 2.24) is 9.55 Å². The largest absolute Gasteiger partial charge is 0.497 e. The Balaban J connectivity index is 2.04. The Labute approximate surface area is 120 Å². The normalized spacial score (nSPS) is 10.9. The molecule has 3 nitrogen and oxygen atoms in total. The molecule has 0 unspecified atom stereocenters. The number of H-pyrrole nitrogens is 1. The monoisotopic (exact) mass is 288 g/mol. The maximum atomic E-state index is 13.7. The van der Waals surface area contributed by atoms with Crippen LogP contribution in [0.15, 0.2) is 42.5 Å². The first-order valence-corrected chi connectivity index (χ1v) is 6.60. The lowest BCUT2D eigenvalue weighted by Gasteiger charge is -2.06. The zero-order chi connectivity index (χ0) is 14.1. The molecule has 0 radical (unpaired) electrons. The molecule has 102 valence electrons. The van der Waals surface area contributed by atoms with E-state index in [4.69, 9.17) is 17.0 Å². The number of ether oxygens (including phenoxy) is 1. The molecule has 1 aromatic heterocycles. The molecule has 0 amide bonds. The highest BCUT2D eigenvalue weighted by molar-refractivity contribution is 7.71. The zero-order valence-electron chi connectivity index (χ0n) is 10.9. The number of para-hydroxylation sites is 1. The number of hydrogen-bond acceptors (Lipinski definition) is 2. The molecule has 0 aliphatic carbocycles. The molecule has 0 aliphatic heterocycles. The SMILES string of the molecule is COc1ccc(Cn2c(=S)[nH]c3c(F)cccc32)cc1. The Kier molecular flexibility index (Phi) is 3.28. The van der Waals surface area contributed by atoms with Gasteiger partial charge in [-0.1, -0.05) is 18.2 Å². The molecule has 1 N–H and O–H groups in total. The molecule has 0 saturated carbocycles. The van der Waals surface area contributed by atoms with Gasteiger partial charge in [0.2, 0.25) is 0 Å². The van der Waals surface area contributed by atoms with Crippen LogP contribution in [0.25, 0.3) is 11.0 Å². The van der Waals surface area contributed by atoms with Crippen LogP contribution in [0.4, 0.5) is 4.39 Å². The molecule has 0 atom stereocenters. The minimum absolute atomic E-state index is 0.290. The van der Waals surface area contributed by atoms with Crippen LogP contribution in [0, 0.1) is 10.6 Å². The van der Waals surface area contributed by atoms with Crippen LogP contribution in [0.5, 0.6) is 5.75 Å². The van der Waals surface area contributed by atoms with Gasteiger partial charge in [0.25, 0.3) is 0 Å². The molecule has 3 rings (SSSR count). The third-order valence-electron chi connectivity index (χ3n) is 3.26. The van der Waals surface area contributed by atoms with Crippen LogP contribution in [-0.2, 0) is 6.54 Å². The topological polar surface area (TPSA) is 29.9 Å². The van der Waals surface area contributed by atoms with E-state index in [-0.39, 0.29) is 5.82 Å². The summed E-state index contributed by atoms with van der Waals surface area (Å²) in [4.78, 5) is 2.92. The smallest absolute Gasteiger partial charge is 0.178 e. The second-order valence-electron chi connectivity index (χ2n) is 4.50. The van der Waals surface area contributed by atoms with E-state index in [1.807, 2.05) is 34.9 Å². The number of hydrogen-bond donors (Lipinski definition) is 1. The molecule has 2 aromatic carbocycles. The van der Waals surface area contributed by atoms with Crippen LogP contribution in [0.2, 0.25) is 0 Å². The number of aromatic amines is 1. The van der Waals surface area contributed by atoms with Gasteiger partial charge in [0.1, 0.15) is 17.1 Å². The van der Waals surface area contributed by atoms with Crippen LogP contribution in [-0.4, -0.2) is 16.7 Å². The highest BCUT2D eigenvalue weighted by Gasteiger charge is 2.08. The molecule has 0 fully saturated rings. The van der Waals surface area contributed by atoms with Gasteiger partial charge < -0.3 is 14.3 Å². The van der Waals surface area contributed by atoms with E-state index in [0.29, 0.717) is 16.8 Å². The third kappa shape index (κ3) is 2.20. The average molecular weight is 288 g/mol. The van der Waals surface area contributed by atoms with Crippen LogP contribution in [0.3, 0.4) is 0 Å². The number of imidazole rings is 1. The van der Waals surface area contributed by atoms with Crippen LogP contribution >= 0.6 is 12.2 Å². The fraction of sp³-hybridized carbons (Fsp3) is 0.133. The summed E-state index contributed by atoms with van der Waals surface area (Å²) in [6, 6.07) is 12.7. The molecular weight excluding hydrogens is 275 g/mol. The molecule has 5 heteroatoms. The molecule has 1 heterocycles. The summed E-state index contributed by atoms with van der Waals surface area (Å²) >= 11 is 5.28. The predicted octanol–water partition coefficient (Wildman–Crippen LogP) is 3.89. The van der Waals surface area contributed by atoms with Crippen molar-refractivity contribution in [1.29, 1.82) is 0 Å². The van der Waals surface area contributed by atoms with Gasteiger partial charge in [-0.2, -0.15) is 0 Å². The van der Waals surface area contributed by atoms with Gasteiger partial charge in [0, 0.05) is 0 Å². The van der Waals surface area contributed by atoms with Crippen molar-refractivity contribution in [3.63, 3.8) is 0 Å². The summed E-state index contributed by atoms with van der Waals surface area (Å²) in [6.07, 6.45) is 0. The zero-order valence-corrected chi connectivity index (χ0v) is 11.7. The summed E-state index contributed by atoms with van der Waals surface area (Å²) in [5, 5.41) is 0.